The van der Waals surface area contributed by atoms with E-state index in [0.29, 0.717) is 5.92 Å². The summed E-state index contributed by atoms with van der Waals surface area (Å²) in [4.78, 5) is 2.36. The molecule has 4 heteroatoms. The highest BCUT2D eigenvalue weighted by Gasteiger charge is 2.24. The maximum absolute atomic E-state index is 4.41. The van der Waals surface area contributed by atoms with Crippen LogP contribution in [0.1, 0.15) is 37.3 Å². The summed E-state index contributed by atoms with van der Waals surface area (Å²) in [6, 6.07) is 4.33. The first-order valence-corrected chi connectivity index (χ1v) is 7.10. The lowest BCUT2D eigenvalue weighted by molar-refractivity contribution is 0.408. The fourth-order valence-electron chi connectivity index (χ4n) is 2.92. The van der Waals surface area contributed by atoms with Crippen LogP contribution < -0.4 is 10.2 Å². The molecule has 1 aromatic heterocycles. The van der Waals surface area contributed by atoms with E-state index >= 15 is 0 Å². The van der Waals surface area contributed by atoms with Gasteiger partial charge in [-0.05, 0) is 50.9 Å². The number of nitrogens with zero attached hydrogens (tertiary/aromatic N) is 3. The molecular formula is C14H22N4. The van der Waals surface area contributed by atoms with Gasteiger partial charge in [0.25, 0.3) is 0 Å². The maximum Gasteiger partial charge on any atom is 0.151 e. The summed E-state index contributed by atoms with van der Waals surface area (Å²) in [5, 5.41) is 12.1. The second kappa shape index (κ2) is 5.22. The topological polar surface area (TPSA) is 41.0 Å². The number of rotatable bonds is 4. The third-order valence-corrected chi connectivity index (χ3v) is 4.30. The fraction of sp³-hybridized carbons (Fsp3) is 0.714. The van der Waals surface area contributed by atoms with E-state index in [1.807, 2.05) is 7.05 Å². The lowest BCUT2D eigenvalue weighted by atomic mass is 9.83. The van der Waals surface area contributed by atoms with Crippen LogP contribution in [0.5, 0.6) is 0 Å². The van der Waals surface area contributed by atoms with Gasteiger partial charge in [-0.1, -0.05) is 6.42 Å². The highest BCUT2D eigenvalue weighted by atomic mass is 15.3. The Kier molecular flexibility index (Phi) is 3.46. The van der Waals surface area contributed by atoms with E-state index in [-0.39, 0.29) is 0 Å². The Morgan fingerprint density at radius 1 is 1.28 bits per heavy atom. The molecule has 2 fully saturated rings. The van der Waals surface area contributed by atoms with E-state index in [1.54, 1.807) is 0 Å². The van der Waals surface area contributed by atoms with E-state index in [4.69, 9.17) is 0 Å². The van der Waals surface area contributed by atoms with Gasteiger partial charge >= 0.3 is 0 Å². The molecule has 1 unspecified atom stereocenters. The molecule has 1 saturated carbocycles. The minimum absolute atomic E-state index is 0.683. The van der Waals surface area contributed by atoms with Gasteiger partial charge in [-0.3, -0.25) is 0 Å². The Morgan fingerprint density at radius 2 is 2.17 bits per heavy atom. The van der Waals surface area contributed by atoms with Crippen LogP contribution in [0.4, 0.5) is 5.82 Å². The maximum atomic E-state index is 4.41. The summed E-state index contributed by atoms with van der Waals surface area (Å²) in [6.45, 7) is 3.33. The van der Waals surface area contributed by atoms with Gasteiger partial charge in [0.05, 0.1) is 5.69 Å². The summed E-state index contributed by atoms with van der Waals surface area (Å²) in [6.07, 6.45) is 5.20. The summed E-state index contributed by atoms with van der Waals surface area (Å²) in [7, 11) is 2.02. The van der Waals surface area contributed by atoms with Crippen LogP contribution in [-0.4, -0.2) is 36.9 Å². The van der Waals surface area contributed by atoms with E-state index in [2.05, 4.69) is 32.5 Å². The van der Waals surface area contributed by atoms with Crippen molar-refractivity contribution in [1.82, 2.24) is 15.5 Å². The molecule has 3 rings (SSSR count). The van der Waals surface area contributed by atoms with E-state index in [0.717, 1.165) is 31.4 Å². The number of hydrogen-bond acceptors (Lipinski definition) is 4. The first-order valence-electron chi connectivity index (χ1n) is 7.10. The molecule has 98 valence electrons. The van der Waals surface area contributed by atoms with Crippen molar-refractivity contribution >= 4 is 5.82 Å². The van der Waals surface area contributed by atoms with Gasteiger partial charge in [0.2, 0.25) is 0 Å². The van der Waals surface area contributed by atoms with Gasteiger partial charge in [-0.2, -0.15) is 5.10 Å². The van der Waals surface area contributed by atoms with Crippen LogP contribution in [0.25, 0.3) is 0 Å². The molecule has 0 aromatic carbocycles. The molecule has 4 nitrogen and oxygen atoms in total. The minimum atomic E-state index is 0.683. The van der Waals surface area contributed by atoms with Gasteiger partial charge in [0, 0.05) is 19.0 Å². The van der Waals surface area contributed by atoms with Crippen LogP contribution in [0, 0.1) is 5.92 Å². The van der Waals surface area contributed by atoms with Crippen LogP contribution in [-0.2, 0) is 0 Å². The summed E-state index contributed by atoms with van der Waals surface area (Å²) in [5.41, 5.74) is 1.19. The lowest BCUT2D eigenvalue weighted by Gasteiger charge is -2.24. The quantitative estimate of drug-likeness (QED) is 0.879. The number of aromatic nitrogens is 2. The van der Waals surface area contributed by atoms with Crippen molar-refractivity contribution in [1.29, 1.82) is 0 Å². The largest absolute Gasteiger partial charge is 0.355 e. The van der Waals surface area contributed by atoms with Crippen LogP contribution in [0.2, 0.25) is 0 Å². The molecule has 2 aliphatic rings. The van der Waals surface area contributed by atoms with Crippen molar-refractivity contribution in [3.05, 3.63) is 17.8 Å². The van der Waals surface area contributed by atoms with Crippen molar-refractivity contribution in [2.24, 2.45) is 5.92 Å². The molecule has 1 N–H and O–H groups in total. The third kappa shape index (κ3) is 2.34. The first kappa shape index (κ1) is 11.9. The highest BCUT2D eigenvalue weighted by Crippen LogP contribution is 2.35. The number of nitrogens with one attached hydrogen (secondary N) is 1. The Balaban J connectivity index is 1.62. The van der Waals surface area contributed by atoms with Crippen LogP contribution >= 0.6 is 0 Å². The van der Waals surface area contributed by atoms with Crippen LogP contribution in [0.15, 0.2) is 12.1 Å². The molecule has 0 amide bonds. The van der Waals surface area contributed by atoms with Crippen molar-refractivity contribution in [3.8, 4) is 0 Å². The second-order valence-corrected chi connectivity index (χ2v) is 5.60. The van der Waals surface area contributed by atoms with Crippen molar-refractivity contribution in [3.63, 3.8) is 0 Å². The van der Waals surface area contributed by atoms with Crippen molar-refractivity contribution < 1.29 is 0 Å². The van der Waals surface area contributed by atoms with Crippen molar-refractivity contribution in [2.45, 2.75) is 31.6 Å². The molecule has 2 heterocycles. The monoisotopic (exact) mass is 246 g/mol. The smallest absolute Gasteiger partial charge is 0.151 e. The SMILES string of the molecule is CNCC1CCN(c2ccc(C3CCC3)nn2)C1. The Morgan fingerprint density at radius 3 is 2.78 bits per heavy atom. The highest BCUT2D eigenvalue weighted by molar-refractivity contribution is 5.39. The zero-order valence-electron chi connectivity index (χ0n) is 11.1. The summed E-state index contributed by atoms with van der Waals surface area (Å²) >= 11 is 0. The zero-order chi connectivity index (χ0) is 12.4. The van der Waals surface area contributed by atoms with Gasteiger partial charge < -0.3 is 10.2 Å². The standard InChI is InChI=1S/C14H22N4/c1-15-9-11-7-8-18(10-11)14-6-5-13(16-17-14)12-3-2-4-12/h5-6,11-12,15H,2-4,7-10H2,1H3. The third-order valence-electron chi connectivity index (χ3n) is 4.30. The molecule has 1 aromatic rings. The molecule has 18 heavy (non-hydrogen) atoms. The fourth-order valence-corrected chi connectivity index (χ4v) is 2.92. The number of anilines is 1. The molecule has 1 atom stereocenters. The van der Waals surface area contributed by atoms with E-state index in [9.17, 15) is 0 Å². The predicted molar refractivity (Wildman–Crippen MR) is 72.9 cm³/mol. The molecular weight excluding hydrogens is 224 g/mol. The van der Waals surface area contributed by atoms with Gasteiger partial charge in [-0.15, -0.1) is 5.10 Å². The van der Waals surface area contributed by atoms with Crippen molar-refractivity contribution in [2.75, 3.05) is 31.6 Å². The Labute approximate surface area is 109 Å². The molecule has 1 aliphatic heterocycles. The average Bonchev–Trinajstić information content (AvgIpc) is 2.77. The molecule has 0 radical (unpaired) electrons. The van der Waals surface area contributed by atoms with Gasteiger partial charge in [-0.25, -0.2) is 0 Å². The Bertz CT molecular complexity index is 385. The molecule has 0 spiro atoms. The normalized spacial score (nSPS) is 24.3. The summed E-state index contributed by atoms with van der Waals surface area (Å²) in [5.74, 6) is 2.49. The zero-order valence-corrected chi connectivity index (χ0v) is 11.1. The second-order valence-electron chi connectivity index (χ2n) is 5.60. The molecule has 1 saturated heterocycles. The van der Waals surface area contributed by atoms with Crippen LogP contribution in [0.3, 0.4) is 0 Å². The lowest BCUT2D eigenvalue weighted by Crippen LogP contribution is -2.25. The first-order chi connectivity index (χ1) is 8.86. The Hall–Kier alpha value is -1.16. The number of hydrogen-bond donors (Lipinski definition) is 1. The van der Waals surface area contributed by atoms with Gasteiger partial charge in [0.1, 0.15) is 0 Å². The van der Waals surface area contributed by atoms with E-state index in [1.165, 1.54) is 31.4 Å². The average molecular weight is 246 g/mol. The predicted octanol–water partition coefficient (Wildman–Crippen LogP) is 1.79. The van der Waals surface area contributed by atoms with E-state index < -0.39 is 0 Å². The molecule has 1 aliphatic carbocycles. The molecule has 0 bridgehead atoms. The van der Waals surface area contributed by atoms with Gasteiger partial charge in [0.15, 0.2) is 5.82 Å². The minimum Gasteiger partial charge on any atom is -0.355 e. The summed E-state index contributed by atoms with van der Waals surface area (Å²) < 4.78 is 0.